The lowest BCUT2D eigenvalue weighted by Gasteiger charge is -2.24. The van der Waals surface area contributed by atoms with Crippen LogP contribution < -0.4 is 5.73 Å². The van der Waals surface area contributed by atoms with Gasteiger partial charge in [0.1, 0.15) is 0 Å². The van der Waals surface area contributed by atoms with Crippen LogP contribution in [0.15, 0.2) is 107 Å². The average Bonchev–Trinajstić information content (AvgIpc) is 2.73. The summed E-state index contributed by atoms with van der Waals surface area (Å²) in [7, 11) is 0. The molecule has 0 aromatic heterocycles. The number of dihydropyridines is 1. The molecule has 1 aromatic carbocycles. The normalized spacial score (nSPS) is 19.9. The van der Waals surface area contributed by atoms with Crippen LogP contribution in [0, 0.1) is 5.92 Å². The molecule has 1 aliphatic carbocycles. The molecule has 1 aliphatic heterocycles. The van der Waals surface area contributed by atoms with E-state index in [-0.39, 0.29) is 0 Å². The Morgan fingerprint density at radius 2 is 2.00 bits per heavy atom. The van der Waals surface area contributed by atoms with Crippen LogP contribution in [-0.2, 0) is 0 Å². The molecule has 1 unspecified atom stereocenters. The summed E-state index contributed by atoms with van der Waals surface area (Å²) in [6, 6.07) is 8.19. The Balaban J connectivity index is 2.16. The van der Waals surface area contributed by atoms with Gasteiger partial charge in [-0.25, -0.2) is 0 Å². The van der Waals surface area contributed by atoms with Gasteiger partial charge in [-0.05, 0) is 66.7 Å². The highest BCUT2D eigenvalue weighted by molar-refractivity contribution is 5.88. The van der Waals surface area contributed by atoms with Gasteiger partial charge in [0, 0.05) is 24.4 Å². The van der Waals surface area contributed by atoms with E-state index in [2.05, 4.69) is 74.0 Å². The molecule has 2 heteroatoms. The van der Waals surface area contributed by atoms with E-state index in [1.807, 2.05) is 30.5 Å². The fourth-order valence-corrected chi connectivity index (χ4v) is 3.77. The standard InChI is InChI=1S/C27H30N2/c1-4-5-11-25(20(2)3)27(22-13-15-24(28)16-14-22)26-12-7-6-10-23(26)18-21-9-8-17-29-19-21/h4-7,9-16,19,23H,1,8,17-18,28H2,2-3H3/b11-5-,27-26-. The molecule has 1 aromatic rings. The summed E-state index contributed by atoms with van der Waals surface area (Å²) < 4.78 is 0. The Bertz CT molecular complexity index is 956. The third-order valence-corrected chi connectivity index (χ3v) is 5.20. The van der Waals surface area contributed by atoms with E-state index < -0.39 is 0 Å². The Hall–Kier alpha value is -3.13. The molecule has 3 rings (SSSR count). The second kappa shape index (κ2) is 9.88. The summed E-state index contributed by atoms with van der Waals surface area (Å²) in [6.07, 6.45) is 21.2. The van der Waals surface area contributed by atoms with Crippen LogP contribution in [0.25, 0.3) is 5.57 Å². The van der Waals surface area contributed by atoms with Crippen LogP contribution in [0.4, 0.5) is 5.69 Å². The lowest BCUT2D eigenvalue weighted by atomic mass is 9.80. The number of nitrogen functional groups attached to an aromatic ring is 1. The van der Waals surface area contributed by atoms with Crippen LogP contribution in [0.1, 0.15) is 32.3 Å². The minimum absolute atomic E-state index is 0.301. The van der Waals surface area contributed by atoms with Crippen LogP contribution in [-0.4, -0.2) is 12.8 Å². The molecular weight excluding hydrogens is 352 g/mol. The lowest BCUT2D eigenvalue weighted by Crippen LogP contribution is -2.09. The quantitative estimate of drug-likeness (QED) is 0.435. The molecule has 0 saturated heterocycles. The molecule has 0 bridgehead atoms. The first-order valence-corrected chi connectivity index (χ1v) is 10.2. The minimum Gasteiger partial charge on any atom is -0.399 e. The van der Waals surface area contributed by atoms with Crippen molar-refractivity contribution in [2.24, 2.45) is 10.9 Å². The first-order valence-electron chi connectivity index (χ1n) is 10.2. The van der Waals surface area contributed by atoms with Gasteiger partial charge in [-0.15, -0.1) is 0 Å². The maximum absolute atomic E-state index is 5.97. The fourth-order valence-electron chi connectivity index (χ4n) is 3.77. The van der Waals surface area contributed by atoms with E-state index in [0.717, 1.165) is 25.1 Å². The van der Waals surface area contributed by atoms with Crippen LogP contribution in [0.2, 0.25) is 0 Å². The lowest BCUT2D eigenvalue weighted by molar-refractivity contribution is 0.770. The molecule has 2 N–H and O–H groups in total. The molecule has 0 saturated carbocycles. The first kappa shape index (κ1) is 20.6. The van der Waals surface area contributed by atoms with Gasteiger partial charge in [-0.1, -0.05) is 72.9 Å². The molecule has 0 spiro atoms. The summed E-state index contributed by atoms with van der Waals surface area (Å²) in [5.41, 5.74) is 14.3. The van der Waals surface area contributed by atoms with E-state index in [4.69, 9.17) is 5.73 Å². The summed E-state index contributed by atoms with van der Waals surface area (Å²) in [6.45, 7) is 9.07. The van der Waals surface area contributed by atoms with Crippen molar-refractivity contribution in [1.82, 2.24) is 0 Å². The predicted octanol–water partition coefficient (Wildman–Crippen LogP) is 6.63. The van der Waals surface area contributed by atoms with Crippen molar-refractivity contribution in [1.29, 1.82) is 0 Å². The van der Waals surface area contributed by atoms with Crippen LogP contribution in [0.5, 0.6) is 0 Å². The molecule has 148 valence electrons. The zero-order valence-corrected chi connectivity index (χ0v) is 17.4. The second-order valence-corrected chi connectivity index (χ2v) is 7.62. The van der Waals surface area contributed by atoms with Crippen molar-refractivity contribution >= 4 is 17.5 Å². The fraction of sp³-hybridized carbons (Fsp3) is 0.222. The number of benzene rings is 1. The number of aliphatic imine (C=N–C) groups is 1. The number of hydrogen-bond donors (Lipinski definition) is 1. The Morgan fingerprint density at radius 3 is 2.66 bits per heavy atom. The topological polar surface area (TPSA) is 38.4 Å². The summed E-state index contributed by atoms with van der Waals surface area (Å²) in [4.78, 5) is 4.47. The van der Waals surface area contributed by atoms with E-state index in [9.17, 15) is 0 Å². The van der Waals surface area contributed by atoms with E-state index >= 15 is 0 Å². The van der Waals surface area contributed by atoms with Crippen LogP contribution >= 0.6 is 0 Å². The van der Waals surface area contributed by atoms with Gasteiger partial charge in [-0.3, -0.25) is 4.99 Å². The number of nitrogens with two attached hydrogens (primary N) is 1. The number of allylic oxidation sites excluding steroid dienone is 12. The highest BCUT2D eigenvalue weighted by Crippen LogP contribution is 2.38. The Morgan fingerprint density at radius 1 is 1.21 bits per heavy atom. The van der Waals surface area contributed by atoms with Crippen LogP contribution in [0.3, 0.4) is 0 Å². The summed E-state index contributed by atoms with van der Waals surface area (Å²) >= 11 is 0. The number of hydrogen-bond acceptors (Lipinski definition) is 2. The zero-order chi connectivity index (χ0) is 20.6. The van der Waals surface area contributed by atoms with Crippen molar-refractivity contribution < 1.29 is 0 Å². The van der Waals surface area contributed by atoms with Gasteiger partial charge in [0.2, 0.25) is 0 Å². The van der Waals surface area contributed by atoms with Gasteiger partial charge in [0.15, 0.2) is 0 Å². The molecule has 1 atom stereocenters. The molecule has 0 radical (unpaired) electrons. The minimum atomic E-state index is 0.301. The zero-order valence-electron chi connectivity index (χ0n) is 17.4. The highest BCUT2D eigenvalue weighted by atomic mass is 14.7. The van der Waals surface area contributed by atoms with Crippen molar-refractivity contribution in [2.45, 2.75) is 26.7 Å². The maximum Gasteiger partial charge on any atom is 0.0424 e. The molecule has 0 amide bonds. The molecule has 2 nitrogen and oxygen atoms in total. The molecule has 2 aliphatic rings. The Labute approximate surface area is 174 Å². The van der Waals surface area contributed by atoms with E-state index in [0.29, 0.717) is 5.92 Å². The largest absolute Gasteiger partial charge is 0.399 e. The summed E-state index contributed by atoms with van der Waals surface area (Å²) in [5.74, 6) is 0.301. The van der Waals surface area contributed by atoms with E-state index in [1.165, 1.54) is 33.4 Å². The smallest absolute Gasteiger partial charge is 0.0424 e. The van der Waals surface area contributed by atoms with Gasteiger partial charge in [0.25, 0.3) is 0 Å². The third kappa shape index (κ3) is 5.23. The highest BCUT2D eigenvalue weighted by Gasteiger charge is 2.21. The van der Waals surface area contributed by atoms with Crippen molar-refractivity contribution in [3.8, 4) is 0 Å². The number of anilines is 1. The van der Waals surface area contributed by atoms with Crippen molar-refractivity contribution in [3.63, 3.8) is 0 Å². The monoisotopic (exact) mass is 382 g/mol. The van der Waals surface area contributed by atoms with E-state index in [1.54, 1.807) is 0 Å². The Kier molecular flexibility index (Phi) is 7.02. The molecule has 0 fully saturated rings. The predicted molar refractivity (Wildman–Crippen MR) is 128 cm³/mol. The van der Waals surface area contributed by atoms with Gasteiger partial charge < -0.3 is 5.73 Å². The molecule has 29 heavy (non-hydrogen) atoms. The van der Waals surface area contributed by atoms with Crippen molar-refractivity contribution in [3.05, 3.63) is 107 Å². The molecule has 1 heterocycles. The SMILES string of the molecule is C=C/C=C\C(=C(C)C)/C(=C1/C=CC=CC1CC1=CCCN=C1)c1ccc(N)cc1. The first-order chi connectivity index (χ1) is 14.1. The van der Waals surface area contributed by atoms with Gasteiger partial charge >= 0.3 is 0 Å². The number of rotatable bonds is 6. The maximum atomic E-state index is 5.97. The average molecular weight is 383 g/mol. The van der Waals surface area contributed by atoms with Gasteiger partial charge in [0.05, 0.1) is 0 Å². The van der Waals surface area contributed by atoms with Gasteiger partial charge in [-0.2, -0.15) is 0 Å². The third-order valence-electron chi connectivity index (χ3n) is 5.20. The van der Waals surface area contributed by atoms with Crippen molar-refractivity contribution in [2.75, 3.05) is 12.3 Å². The molecular formula is C27H30N2. The second-order valence-electron chi connectivity index (χ2n) is 7.62. The number of nitrogens with zero attached hydrogens (tertiary/aromatic N) is 1. The summed E-state index contributed by atoms with van der Waals surface area (Å²) in [5, 5.41) is 0.